The molecule has 4 aromatic rings. The molecule has 1 amide bonds. The third-order valence-electron chi connectivity index (χ3n) is 5.22. The Kier molecular flexibility index (Phi) is 9.09. The van der Waals surface area contributed by atoms with Gasteiger partial charge in [0.2, 0.25) is 16.0 Å². The predicted octanol–water partition coefficient (Wildman–Crippen LogP) is 2.24. The Morgan fingerprint density at radius 3 is 2.49 bits per heavy atom. The molecule has 39 heavy (non-hydrogen) atoms. The third kappa shape index (κ3) is 6.34. The van der Waals surface area contributed by atoms with Crippen molar-refractivity contribution in [1.82, 2.24) is 20.0 Å². The van der Waals surface area contributed by atoms with Crippen LogP contribution in [0.25, 0.3) is 16.3 Å². The molecule has 3 aromatic heterocycles. The maximum absolute atomic E-state index is 13.1. The lowest BCUT2D eigenvalue weighted by Gasteiger charge is -2.16. The van der Waals surface area contributed by atoms with Gasteiger partial charge in [-0.25, -0.2) is 4.79 Å². The van der Waals surface area contributed by atoms with Crippen LogP contribution < -0.4 is 30.9 Å². The van der Waals surface area contributed by atoms with E-state index < -0.39 is 11.5 Å². The van der Waals surface area contributed by atoms with E-state index in [1.54, 1.807) is 31.4 Å². The third-order valence-corrected chi connectivity index (χ3v) is 6.04. The van der Waals surface area contributed by atoms with Gasteiger partial charge >= 0.3 is 5.63 Å². The molecule has 206 valence electrons. The number of methoxy groups -OCH3 is 3. The summed E-state index contributed by atoms with van der Waals surface area (Å²) in [5, 5.41) is 15.0. The molecule has 0 unspecified atom stereocenters. The summed E-state index contributed by atoms with van der Waals surface area (Å²) in [4.78, 5) is 26.2. The number of ether oxygens (including phenoxy) is 5. The van der Waals surface area contributed by atoms with Crippen molar-refractivity contribution in [3.63, 3.8) is 0 Å². The summed E-state index contributed by atoms with van der Waals surface area (Å²) in [6, 6.07) is 8.06. The van der Waals surface area contributed by atoms with E-state index in [2.05, 4.69) is 20.6 Å². The van der Waals surface area contributed by atoms with Crippen LogP contribution in [0.3, 0.4) is 0 Å². The highest BCUT2D eigenvalue weighted by Crippen LogP contribution is 2.42. The van der Waals surface area contributed by atoms with Crippen molar-refractivity contribution in [1.29, 1.82) is 0 Å². The molecule has 0 atom stereocenters. The Morgan fingerprint density at radius 1 is 1.08 bits per heavy atom. The summed E-state index contributed by atoms with van der Waals surface area (Å²) in [5.74, 6) is -0.0619. The van der Waals surface area contributed by atoms with Gasteiger partial charge < -0.3 is 33.8 Å². The summed E-state index contributed by atoms with van der Waals surface area (Å²) in [5.41, 5.74) is 5.58. The van der Waals surface area contributed by atoms with Crippen LogP contribution in [0.15, 0.2) is 45.7 Å². The highest BCUT2D eigenvalue weighted by Gasteiger charge is 2.25. The van der Waals surface area contributed by atoms with E-state index in [4.69, 9.17) is 33.8 Å². The van der Waals surface area contributed by atoms with Crippen LogP contribution in [0.2, 0.25) is 0 Å². The van der Waals surface area contributed by atoms with Crippen LogP contribution in [-0.2, 0) is 9.47 Å². The number of nitrogens with one attached hydrogen (secondary N) is 1. The van der Waals surface area contributed by atoms with Gasteiger partial charge in [-0.2, -0.15) is 9.78 Å². The average Bonchev–Trinajstić information content (AvgIpc) is 3.58. The van der Waals surface area contributed by atoms with E-state index in [-0.39, 0.29) is 35.4 Å². The molecule has 4 rings (SSSR count). The van der Waals surface area contributed by atoms with E-state index in [0.717, 1.165) is 11.3 Å². The van der Waals surface area contributed by atoms with Crippen molar-refractivity contribution >= 4 is 28.2 Å². The molecule has 0 aliphatic rings. The zero-order valence-corrected chi connectivity index (χ0v) is 22.1. The number of amides is 1. The maximum Gasteiger partial charge on any atom is 0.379 e. The van der Waals surface area contributed by atoms with Crippen LogP contribution in [0.1, 0.15) is 10.6 Å². The van der Waals surface area contributed by atoms with E-state index in [0.29, 0.717) is 41.2 Å². The van der Waals surface area contributed by atoms with Gasteiger partial charge in [-0.05, 0) is 18.2 Å². The molecule has 0 aliphatic heterocycles. The van der Waals surface area contributed by atoms with Gasteiger partial charge in [0.05, 0.1) is 45.8 Å². The van der Waals surface area contributed by atoms with Gasteiger partial charge in [-0.15, -0.1) is 10.2 Å². The monoisotopic (exact) mass is 558 g/mol. The van der Waals surface area contributed by atoms with Gasteiger partial charge in [-0.1, -0.05) is 17.4 Å². The van der Waals surface area contributed by atoms with E-state index in [9.17, 15) is 9.59 Å². The van der Waals surface area contributed by atoms with Crippen molar-refractivity contribution in [2.45, 2.75) is 0 Å². The first-order chi connectivity index (χ1) is 19.0. The molecule has 0 fully saturated rings. The Morgan fingerprint density at radius 2 is 1.82 bits per heavy atom. The number of carbonyl (C=O) groups is 1. The average molecular weight is 559 g/mol. The number of nitrogens with two attached hydrogens (primary N) is 1. The minimum absolute atomic E-state index is 0.0363. The Labute approximate surface area is 226 Å². The van der Waals surface area contributed by atoms with Gasteiger partial charge in [0.25, 0.3) is 5.91 Å². The first kappa shape index (κ1) is 27.6. The van der Waals surface area contributed by atoms with E-state index in [1.807, 2.05) is 0 Å². The minimum atomic E-state index is -0.884. The Bertz CT molecular complexity index is 1460. The van der Waals surface area contributed by atoms with Crippen LogP contribution in [0, 0.1) is 0 Å². The lowest BCUT2D eigenvalue weighted by Crippen LogP contribution is -2.19. The largest absolute Gasteiger partial charge is 0.496 e. The summed E-state index contributed by atoms with van der Waals surface area (Å²) in [7, 11) is 4.51. The fourth-order valence-corrected chi connectivity index (χ4v) is 4.18. The van der Waals surface area contributed by atoms with Crippen molar-refractivity contribution in [3.05, 3.63) is 52.7 Å². The summed E-state index contributed by atoms with van der Waals surface area (Å²) in [6.45, 7) is 1.00. The number of benzene rings is 1. The Balaban J connectivity index is 1.66. The summed E-state index contributed by atoms with van der Waals surface area (Å²) >= 11 is 1.03. The first-order valence-electron chi connectivity index (χ1n) is 11.5. The number of nitrogens with zero attached hydrogens (tertiary/aromatic N) is 4. The molecule has 3 heterocycles. The summed E-state index contributed by atoms with van der Waals surface area (Å²) < 4.78 is 33.8. The molecule has 0 bridgehead atoms. The van der Waals surface area contributed by atoms with Crippen LogP contribution >= 0.6 is 11.3 Å². The molecule has 0 saturated heterocycles. The molecule has 0 aliphatic carbocycles. The fourth-order valence-electron chi connectivity index (χ4n) is 3.46. The number of aromatic nitrogens is 4. The SMILES string of the molecule is COCCOCCOc1c(-c2c(OC)cccc2OC)cc(C(=O)Nc2nnc(-n3nccc3N)s2)oc1=O. The Hall–Kier alpha value is -4.47. The molecule has 15 heteroatoms. The van der Waals surface area contributed by atoms with Crippen molar-refractivity contribution in [2.75, 3.05) is 58.8 Å². The molecule has 3 N–H and O–H groups in total. The molecular weight excluding hydrogens is 532 g/mol. The molecule has 0 spiro atoms. The van der Waals surface area contributed by atoms with Gasteiger partial charge in [0.1, 0.15) is 23.9 Å². The predicted molar refractivity (Wildman–Crippen MR) is 141 cm³/mol. The highest BCUT2D eigenvalue weighted by atomic mass is 32.1. The number of hydrogen-bond acceptors (Lipinski definition) is 13. The van der Waals surface area contributed by atoms with Gasteiger partial charge in [0.15, 0.2) is 5.76 Å². The van der Waals surface area contributed by atoms with Crippen molar-refractivity contribution in [2.24, 2.45) is 0 Å². The zero-order chi connectivity index (χ0) is 27.8. The number of rotatable bonds is 13. The smallest absolute Gasteiger partial charge is 0.379 e. The van der Waals surface area contributed by atoms with E-state index in [1.165, 1.54) is 31.2 Å². The molecular formula is C24H26N6O8S. The molecule has 1 aromatic carbocycles. The van der Waals surface area contributed by atoms with Gasteiger partial charge in [-0.3, -0.25) is 10.1 Å². The zero-order valence-electron chi connectivity index (χ0n) is 21.3. The topological polar surface area (TPSA) is 175 Å². The number of nitrogen functional groups attached to an aromatic ring is 1. The normalized spacial score (nSPS) is 10.8. The highest BCUT2D eigenvalue weighted by molar-refractivity contribution is 7.17. The minimum Gasteiger partial charge on any atom is -0.496 e. The lowest BCUT2D eigenvalue weighted by atomic mass is 10.0. The quantitative estimate of drug-likeness (QED) is 0.229. The molecule has 0 saturated carbocycles. The standard InChI is InChI=1S/C24H26N6O8S/c1-33-9-10-36-11-12-37-20-14(19-15(34-2)5-4-6-16(19)35-3)13-17(38-22(20)32)21(31)27-23-28-29-24(39-23)30-18(25)7-8-26-30/h4-8,13H,9-12,25H2,1-3H3,(H,27,28,31). The number of anilines is 2. The first-order valence-corrected chi connectivity index (χ1v) is 12.3. The van der Waals surface area contributed by atoms with Crippen LogP contribution in [0.4, 0.5) is 10.9 Å². The van der Waals surface area contributed by atoms with Crippen molar-refractivity contribution in [3.8, 4) is 33.5 Å². The van der Waals surface area contributed by atoms with E-state index >= 15 is 0 Å². The second-order valence-electron chi connectivity index (χ2n) is 7.64. The number of carbonyl (C=O) groups excluding carboxylic acids is 1. The molecule has 14 nitrogen and oxygen atoms in total. The van der Waals surface area contributed by atoms with Crippen LogP contribution in [0.5, 0.6) is 17.2 Å². The van der Waals surface area contributed by atoms with Crippen LogP contribution in [-0.4, -0.2) is 73.6 Å². The maximum atomic E-state index is 13.1. The number of hydrogen-bond donors (Lipinski definition) is 2. The van der Waals surface area contributed by atoms with Gasteiger partial charge in [0, 0.05) is 18.7 Å². The van der Waals surface area contributed by atoms with Crippen molar-refractivity contribution < 1.29 is 32.9 Å². The molecule has 0 radical (unpaired) electrons. The second kappa shape index (κ2) is 12.9. The lowest BCUT2D eigenvalue weighted by molar-refractivity contribution is 0.0538. The second-order valence-corrected chi connectivity index (χ2v) is 8.60. The fraction of sp³-hybridized carbons (Fsp3) is 0.292. The summed E-state index contributed by atoms with van der Waals surface area (Å²) in [6.07, 6.45) is 1.51.